The molecule has 0 radical (unpaired) electrons. The van der Waals surface area contributed by atoms with Crippen LogP contribution in [-0.2, 0) is 21.9 Å². The fraction of sp³-hybridized carbons (Fsp3) is 0.467. The van der Waals surface area contributed by atoms with Gasteiger partial charge in [-0.05, 0) is 6.92 Å². The molecule has 1 amide bonds. The van der Waals surface area contributed by atoms with E-state index in [-0.39, 0.29) is 42.5 Å². The van der Waals surface area contributed by atoms with Crippen molar-refractivity contribution in [2.45, 2.75) is 17.9 Å². The molecule has 3 rings (SSSR count). The van der Waals surface area contributed by atoms with Gasteiger partial charge in [-0.1, -0.05) is 0 Å². The molecule has 27 heavy (non-hydrogen) atoms. The number of carboxylic acid groups (broad SMARTS) is 1. The van der Waals surface area contributed by atoms with Crippen molar-refractivity contribution < 1.29 is 23.1 Å². The third kappa shape index (κ3) is 3.71. The van der Waals surface area contributed by atoms with Crippen LogP contribution < -0.4 is 0 Å². The van der Waals surface area contributed by atoms with E-state index in [0.29, 0.717) is 0 Å². The maximum Gasteiger partial charge on any atom is 0.328 e. The van der Waals surface area contributed by atoms with Crippen LogP contribution >= 0.6 is 0 Å². The third-order valence-corrected chi connectivity index (χ3v) is 6.30. The lowest BCUT2D eigenvalue weighted by Crippen LogP contribution is -2.50. The molecule has 1 N–H and O–H groups in total. The highest BCUT2D eigenvalue weighted by atomic mass is 32.2. The average molecular weight is 396 g/mol. The molecule has 1 fully saturated rings. The Hall–Kier alpha value is -2.73. The first-order chi connectivity index (χ1) is 12.7. The van der Waals surface area contributed by atoms with Crippen LogP contribution in [0.25, 0.3) is 0 Å². The molecule has 2 aromatic rings. The Morgan fingerprint density at radius 1 is 1.11 bits per heavy atom. The lowest BCUT2D eigenvalue weighted by Gasteiger charge is -2.33. The molecule has 3 heterocycles. The van der Waals surface area contributed by atoms with Crippen LogP contribution in [0, 0.1) is 0 Å². The summed E-state index contributed by atoms with van der Waals surface area (Å²) in [6, 6.07) is -0.881. The summed E-state index contributed by atoms with van der Waals surface area (Å²) in [4.78, 5) is 25.2. The summed E-state index contributed by atoms with van der Waals surface area (Å²) in [5.74, 6) is -1.36. The number of aliphatic carboxylic acids is 1. The van der Waals surface area contributed by atoms with E-state index in [9.17, 15) is 18.0 Å². The van der Waals surface area contributed by atoms with Crippen molar-refractivity contribution in [3.8, 4) is 0 Å². The highest BCUT2D eigenvalue weighted by Crippen LogP contribution is 2.18. The monoisotopic (exact) mass is 396 g/mol. The average Bonchev–Trinajstić information content (AvgIpc) is 3.30. The minimum atomic E-state index is -3.64. The van der Waals surface area contributed by atoms with Crippen molar-refractivity contribution in [2.75, 3.05) is 26.2 Å². The van der Waals surface area contributed by atoms with Crippen molar-refractivity contribution in [3.63, 3.8) is 0 Å². The maximum atomic E-state index is 12.6. The van der Waals surface area contributed by atoms with Gasteiger partial charge in [0.2, 0.25) is 10.0 Å². The second-order valence-electron chi connectivity index (χ2n) is 6.27. The van der Waals surface area contributed by atoms with Gasteiger partial charge in [-0.15, -0.1) is 0 Å². The molecule has 0 spiro atoms. The second kappa shape index (κ2) is 7.12. The molecule has 11 nitrogen and oxygen atoms in total. The minimum Gasteiger partial charge on any atom is -0.480 e. The molecule has 12 heteroatoms. The van der Waals surface area contributed by atoms with Crippen molar-refractivity contribution in [1.82, 2.24) is 28.8 Å². The van der Waals surface area contributed by atoms with Gasteiger partial charge in [-0.25, -0.2) is 13.2 Å². The Morgan fingerprint density at radius 2 is 1.78 bits per heavy atom. The SMILES string of the molecule is CC(C(=O)O)n1cc(C(=O)N2CCN(S(=O)(=O)c3cnn(C)c3)CC2)cn1. The van der Waals surface area contributed by atoms with Gasteiger partial charge in [0.15, 0.2) is 0 Å². The largest absolute Gasteiger partial charge is 0.480 e. The first-order valence-corrected chi connectivity index (χ1v) is 9.69. The zero-order chi connectivity index (χ0) is 19.8. The van der Waals surface area contributed by atoms with Crippen LogP contribution in [0.3, 0.4) is 0 Å². The topological polar surface area (TPSA) is 131 Å². The van der Waals surface area contributed by atoms with Crippen molar-refractivity contribution >= 4 is 21.9 Å². The smallest absolute Gasteiger partial charge is 0.328 e. The summed E-state index contributed by atoms with van der Waals surface area (Å²) < 4.78 is 29.1. The number of carboxylic acids is 1. The predicted molar refractivity (Wildman–Crippen MR) is 92.4 cm³/mol. The summed E-state index contributed by atoms with van der Waals surface area (Å²) in [5.41, 5.74) is 0.270. The minimum absolute atomic E-state index is 0.119. The van der Waals surface area contributed by atoms with Gasteiger partial charge in [0.1, 0.15) is 10.9 Å². The standard InChI is InChI=1S/C15H20N6O5S/c1-11(15(23)24)21-9-12(7-17-21)14(22)19-3-5-20(6-4-19)27(25,26)13-8-16-18(2)10-13/h7-11H,3-6H2,1-2H3,(H,23,24). The number of aromatic nitrogens is 4. The van der Waals surface area contributed by atoms with E-state index in [1.165, 1.54) is 50.3 Å². The molecule has 0 aromatic carbocycles. The number of aryl methyl sites for hydroxylation is 1. The van der Waals surface area contributed by atoms with Crippen LogP contribution in [0.5, 0.6) is 0 Å². The van der Waals surface area contributed by atoms with Crippen LogP contribution in [-0.4, -0.2) is 80.3 Å². The summed E-state index contributed by atoms with van der Waals surface area (Å²) in [7, 11) is -2.00. The van der Waals surface area contributed by atoms with Gasteiger partial charge in [0.05, 0.1) is 18.0 Å². The molecule has 0 bridgehead atoms. The number of piperazine rings is 1. The van der Waals surface area contributed by atoms with Gasteiger partial charge in [0, 0.05) is 45.6 Å². The summed E-state index contributed by atoms with van der Waals surface area (Å²) >= 11 is 0. The molecule has 1 unspecified atom stereocenters. The van der Waals surface area contributed by atoms with Crippen LogP contribution in [0.1, 0.15) is 23.3 Å². The van der Waals surface area contributed by atoms with Crippen LogP contribution in [0.2, 0.25) is 0 Å². The zero-order valence-electron chi connectivity index (χ0n) is 14.9. The number of rotatable bonds is 5. The number of sulfonamides is 1. The second-order valence-corrected chi connectivity index (χ2v) is 8.21. The van der Waals surface area contributed by atoms with E-state index in [4.69, 9.17) is 5.11 Å². The Morgan fingerprint density at radius 3 is 2.33 bits per heavy atom. The van der Waals surface area contributed by atoms with E-state index in [2.05, 4.69) is 10.2 Å². The molecule has 0 aliphatic carbocycles. The van der Waals surface area contributed by atoms with E-state index in [1.54, 1.807) is 7.05 Å². The summed E-state index contributed by atoms with van der Waals surface area (Å²) in [6.07, 6.45) is 5.44. The first-order valence-electron chi connectivity index (χ1n) is 8.25. The highest BCUT2D eigenvalue weighted by Gasteiger charge is 2.31. The Labute approximate surface area is 155 Å². The zero-order valence-corrected chi connectivity index (χ0v) is 15.7. The van der Waals surface area contributed by atoms with Crippen molar-refractivity contribution in [3.05, 3.63) is 30.4 Å². The number of carbonyl (C=O) groups excluding carboxylic acids is 1. The lowest BCUT2D eigenvalue weighted by atomic mass is 10.2. The first kappa shape index (κ1) is 19.0. The Balaban J connectivity index is 1.65. The lowest BCUT2D eigenvalue weighted by molar-refractivity contribution is -0.140. The number of hydrogen-bond donors (Lipinski definition) is 1. The molecule has 146 valence electrons. The molecular formula is C15H20N6O5S. The van der Waals surface area contributed by atoms with E-state index in [1.807, 2.05) is 0 Å². The van der Waals surface area contributed by atoms with Gasteiger partial charge < -0.3 is 10.0 Å². The number of nitrogens with zero attached hydrogens (tertiary/aromatic N) is 6. The summed E-state index contributed by atoms with van der Waals surface area (Å²) in [6.45, 7) is 2.27. The molecule has 0 saturated carbocycles. The molecule has 1 atom stereocenters. The third-order valence-electron chi connectivity index (χ3n) is 4.45. The number of hydrogen-bond acceptors (Lipinski definition) is 6. The molecule has 1 aliphatic rings. The highest BCUT2D eigenvalue weighted by molar-refractivity contribution is 7.89. The van der Waals surface area contributed by atoms with E-state index < -0.39 is 22.0 Å². The predicted octanol–water partition coefficient (Wildman–Crippen LogP) is -0.591. The van der Waals surface area contributed by atoms with Gasteiger partial charge in [-0.3, -0.25) is 14.2 Å². The fourth-order valence-electron chi connectivity index (χ4n) is 2.77. The molecular weight excluding hydrogens is 376 g/mol. The number of amides is 1. The van der Waals surface area contributed by atoms with Gasteiger partial charge in [0.25, 0.3) is 5.91 Å². The fourth-order valence-corrected chi connectivity index (χ4v) is 4.18. The van der Waals surface area contributed by atoms with Crippen LogP contribution in [0.4, 0.5) is 0 Å². The Bertz CT molecular complexity index is 957. The van der Waals surface area contributed by atoms with E-state index in [0.717, 1.165) is 0 Å². The molecule has 1 saturated heterocycles. The number of carbonyl (C=O) groups is 2. The normalized spacial score (nSPS) is 17.0. The van der Waals surface area contributed by atoms with Crippen molar-refractivity contribution in [2.24, 2.45) is 7.05 Å². The van der Waals surface area contributed by atoms with Gasteiger partial charge >= 0.3 is 5.97 Å². The van der Waals surface area contributed by atoms with Gasteiger partial charge in [-0.2, -0.15) is 14.5 Å². The molecule has 1 aliphatic heterocycles. The quantitative estimate of drug-likeness (QED) is 0.715. The Kier molecular flexibility index (Phi) is 5.02. The van der Waals surface area contributed by atoms with E-state index >= 15 is 0 Å². The maximum absolute atomic E-state index is 12.6. The molecule has 2 aromatic heterocycles. The summed E-state index contributed by atoms with van der Waals surface area (Å²) in [5, 5.41) is 16.8. The van der Waals surface area contributed by atoms with Crippen molar-refractivity contribution in [1.29, 1.82) is 0 Å². The van der Waals surface area contributed by atoms with Crippen LogP contribution in [0.15, 0.2) is 29.7 Å².